The molecule has 0 saturated heterocycles. The fraction of sp³-hybridized carbons (Fsp3) is 0.200. The van der Waals surface area contributed by atoms with Crippen molar-refractivity contribution >= 4 is 24.4 Å². The third kappa shape index (κ3) is 3.11. The molecule has 1 aromatic rings. The van der Waals surface area contributed by atoms with Crippen LogP contribution in [0, 0.1) is 5.82 Å². The van der Waals surface area contributed by atoms with Gasteiger partial charge in [-0.15, -0.1) is 0 Å². The Morgan fingerprint density at radius 2 is 2.23 bits per heavy atom. The van der Waals surface area contributed by atoms with Crippen LogP contribution in [-0.2, 0) is 0 Å². The summed E-state index contributed by atoms with van der Waals surface area (Å²) in [6.45, 7) is 0. The molecular formula is C10H12FNS. The first-order valence-electron chi connectivity index (χ1n) is 4.06. The lowest BCUT2D eigenvalue weighted by Gasteiger charge is -1.97. The van der Waals surface area contributed by atoms with Gasteiger partial charge in [0.1, 0.15) is 5.82 Å². The lowest BCUT2D eigenvalue weighted by atomic mass is 10.2. The largest absolute Gasteiger partial charge is 0.396 e. The van der Waals surface area contributed by atoms with Gasteiger partial charge >= 0.3 is 0 Å². The molecule has 0 heterocycles. The molecule has 3 heteroatoms. The van der Waals surface area contributed by atoms with Gasteiger partial charge in [-0.1, -0.05) is 18.2 Å². The van der Waals surface area contributed by atoms with Crippen LogP contribution in [0.2, 0.25) is 0 Å². The maximum Gasteiger partial charge on any atom is 0.146 e. The Bertz CT molecular complexity index is 310. The number of thiol groups is 1. The van der Waals surface area contributed by atoms with Crippen molar-refractivity contribution in [3.8, 4) is 0 Å². The summed E-state index contributed by atoms with van der Waals surface area (Å²) in [5, 5.41) is 0. The van der Waals surface area contributed by atoms with Crippen molar-refractivity contribution in [3.05, 3.63) is 35.7 Å². The average molecular weight is 197 g/mol. The van der Waals surface area contributed by atoms with Gasteiger partial charge in [0.2, 0.25) is 0 Å². The van der Waals surface area contributed by atoms with Gasteiger partial charge in [-0.2, -0.15) is 12.6 Å². The van der Waals surface area contributed by atoms with Gasteiger partial charge in [-0.25, -0.2) is 4.39 Å². The van der Waals surface area contributed by atoms with Crippen molar-refractivity contribution in [2.75, 3.05) is 11.5 Å². The molecule has 1 aromatic carbocycles. The molecule has 0 aliphatic rings. The van der Waals surface area contributed by atoms with Gasteiger partial charge in [0, 0.05) is 0 Å². The zero-order chi connectivity index (χ0) is 9.68. The molecule has 0 bridgehead atoms. The van der Waals surface area contributed by atoms with E-state index < -0.39 is 0 Å². The number of anilines is 1. The number of benzene rings is 1. The highest BCUT2D eigenvalue weighted by molar-refractivity contribution is 7.80. The van der Waals surface area contributed by atoms with Crippen LogP contribution in [0.25, 0.3) is 6.08 Å². The van der Waals surface area contributed by atoms with Crippen molar-refractivity contribution in [3.63, 3.8) is 0 Å². The highest BCUT2D eigenvalue weighted by Crippen LogP contribution is 2.13. The van der Waals surface area contributed by atoms with Crippen molar-refractivity contribution in [2.24, 2.45) is 0 Å². The van der Waals surface area contributed by atoms with Gasteiger partial charge in [0.25, 0.3) is 0 Å². The molecule has 0 radical (unpaired) electrons. The summed E-state index contributed by atoms with van der Waals surface area (Å²) in [7, 11) is 0. The zero-order valence-corrected chi connectivity index (χ0v) is 8.10. The van der Waals surface area contributed by atoms with E-state index in [2.05, 4.69) is 12.6 Å². The lowest BCUT2D eigenvalue weighted by Crippen LogP contribution is -1.89. The van der Waals surface area contributed by atoms with E-state index >= 15 is 0 Å². The number of nitrogens with two attached hydrogens (primary N) is 1. The second-order valence-corrected chi connectivity index (χ2v) is 3.14. The van der Waals surface area contributed by atoms with Crippen molar-refractivity contribution in [1.29, 1.82) is 0 Å². The first kappa shape index (κ1) is 10.1. The molecule has 0 saturated carbocycles. The highest BCUT2D eigenvalue weighted by Gasteiger charge is 1.95. The SMILES string of the molecule is Nc1cc(C=CCCS)ccc1F. The fourth-order valence-corrected chi connectivity index (χ4v) is 1.11. The molecule has 2 N–H and O–H groups in total. The van der Waals surface area contributed by atoms with Gasteiger partial charge in [0.05, 0.1) is 5.69 Å². The van der Waals surface area contributed by atoms with E-state index in [9.17, 15) is 4.39 Å². The lowest BCUT2D eigenvalue weighted by molar-refractivity contribution is 0.632. The molecule has 0 atom stereocenters. The molecule has 0 spiro atoms. The van der Waals surface area contributed by atoms with Gasteiger partial charge in [-0.05, 0) is 29.9 Å². The van der Waals surface area contributed by atoms with Crippen LogP contribution in [0.4, 0.5) is 10.1 Å². The molecular weight excluding hydrogens is 185 g/mol. The smallest absolute Gasteiger partial charge is 0.146 e. The molecule has 70 valence electrons. The van der Waals surface area contributed by atoms with E-state index in [0.29, 0.717) is 0 Å². The van der Waals surface area contributed by atoms with E-state index in [0.717, 1.165) is 17.7 Å². The highest BCUT2D eigenvalue weighted by atomic mass is 32.1. The summed E-state index contributed by atoms with van der Waals surface area (Å²) in [6, 6.07) is 4.68. The van der Waals surface area contributed by atoms with E-state index in [4.69, 9.17) is 5.73 Å². The standard InChI is InChI=1S/C10H12FNS/c11-9-5-4-8(7-10(9)12)3-1-2-6-13/h1,3-5,7,13H,2,6,12H2. The second kappa shape index (κ2) is 4.92. The quantitative estimate of drug-likeness (QED) is 0.565. The van der Waals surface area contributed by atoms with Crippen LogP contribution < -0.4 is 5.73 Å². The minimum atomic E-state index is -0.369. The predicted octanol–water partition coefficient (Wildman–Crippen LogP) is 2.74. The van der Waals surface area contributed by atoms with E-state index in [-0.39, 0.29) is 11.5 Å². The third-order valence-electron chi connectivity index (χ3n) is 1.63. The Kier molecular flexibility index (Phi) is 3.83. The maximum absolute atomic E-state index is 12.7. The minimum Gasteiger partial charge on any atom is -0.396 e. The topological polar surface area (TPSA) is 26.0 Å². The Morgan fingerprint density at radius 3 is 2.85 bits per heavy atom. The maximum atomic E-state index is 12.7. The van der Waals surface area contributed by atoms with E-state index in [1.165, 1.54) is 6.07 Å². The van der Waals surface area contributed by atoms with Crippen molar-refractivity contribution < 1.29 is 4.39 Å². The minimum absolute atomic E-state index is 0.188. The average Bonchev–Trinajstić information content (AvgIpc) is 2.12. The van der Waals surface area contributed by atoms with Crippen LogP contribution >= 0.6 is 12.6 Å². The van der Waals surface area contributed by atoms with Crippen LogP contribution in [0.5, 0.6) is 0 Å². The number of rotatable bonds is 3. The normalized spacial score (nSPS) is 10.9. The van der Waals surface area contributed by atoms with E-state index in [1.807, 2.05) is 12.2 Å². The number of allylic oxidation sites excluding steroid dienone is 1. The first-order valence-corrected chi connectivity index (χ1v) is 4.69. The molecule has 0 fully saturated rings. The van der Waals surface area contributed by atoms with Gasteiger partial charge in [0.15, 0.2) is 0 Å². The summed E-state index contributed by atoms with van der Waals surface area (Å²) in [6.07, 6.45) is 4.80. The molecule has 0 unspecified atom stereocenters. The summed E-state index contributed by atoms with van der Waals surface area (Å²) in [5.41, 5.74) is 6.51. The zero-order valence-electron chi connectivity index (χ0n) is 7.20. The molecule has 0 aromatic heterocycles. The van der Waals surface area contributed by atoms with Crippen LogP contribution in [-0.4, -0.2) is 5.75 Å². The summed E-state index contributed by atoms with van der Waals surface area (Å²) < 4.78 is 12.7. The Balaban J connectivity index is 2.73. The van der Waals surface area contributed by atoms with Gasteiger partial charge in [-0.3, -0.25) is 0 Å². The Hall–Kier alpha value is -0.960. The summed E-state index contributed by atoms with van der Waals surface area (Å²) in [4.78, 5) is 0. The van der Waals surface area contributed by atoms with Crippen LogP contribution in [0.3, 0.4) is 0 Å². The Morgan fingerprint density at radius 1 is 1.46 bits per heavy atom. The number of halogens is 1. The van der Waals surface area contributed by atoms with Crippen molar-refractivity contribution in [2.45, 2.75) is 6.42 Å². The molecule has 0 amide bonds. The second-order valence-electron chi connectivity index (χ2n) is 2.70. The first-order chi connectivity index (χ1) is 6.24. The van der Waals surface area contributed by atoms with Crippen LogP contribution in [0.15, 0.2) is 24.3 Å². The third-order valence-corrected chi connectivity index (χ3v) is 1.88. The number of hydrogen-bond acceptors (Lipinski definition) is 2. The molecule has 1 rings (SSSR count). The van der Waals surface area contributed by atoms with Crippen LogP contribution in [0.1, 0.15) is 12.0 Å². The monoisotopic (exact) mass is 197 g/mol. The molecule has 13 heavy (non-hydrogen) atoms. The number of hydrogen-bond donors (Lipinski definition) is 2. The van der Waals surface area contributed by atoms with Gasteiger partial charge < -0.3 is 5.73 Å². The fourth-order valence-electron chi connectivity index (χ4n) is 0.960. The van der Waals surface area contributed by atoms with E-state index in [1.54, 1.807) is 12.1 Å². The summed E-state index contributed by atoms with van der Waals surface area (Å²) in [5.74, 6) is 0.444. The molecule has 1 nitrogen and oxygen atoms in total. The number of nitrogen functional groups attached to an aromatic ring is 1. The Labute approximate surface area is 82.9 Å². The predicted molar refractivity (Wildman–Crippen MR) is 58.3 cm³/mol. The van der Waals surface area contributed by atoms with Crippen molar-refractivity contribution in [1.82, 2.24) is 0 Å². The summed E-state index contributed by atoms with van der Waals surface area (Å²) >= 11 is 4.07. The molecule has 0 aliphatic carbocycles. The molecule has 0 aliphatic heterocycles.